The Kier molecular flexibility index (Phi) is 17.5. The monoisotopic (exact) mass is 348 g/mol. The first kappa shape index (κ1) is 23.4. The maximum atomic E-state index is 10.4. The van der Waals surface area contributed by atoms with E-state index in [0.717, 1.165) is 51.4 Å². The average molecular weight is 349 g/mol. The number of unbranched alkanes of at least 4 members (excludes halogenated alkanes) is 6. The topological polar surface area (TPSA) is 57.5 Å². The van der Waals surface area contributed by atoms with E-state index in [-0.39, 0.29) is 12.5 Å². The molecule has 0 aromatic carbocycles. The smallest absolute Gasteiger partial charge is 0.303 e. The van der Waals surface area contributed by atoms with Crippen LogP contribution in [0.1, 0.15) is 77.6 Å². The summed E-state index contributed by atoms with van der Waals surface area (Å²) in [5.41, 5.74) is 0. The number of allylic oxidation sites excluding steroid dienone is 7. The second-order valence-corrected chi connectivity index (χ2v) is 6.30. The van der Waals surface area contributed by atoms with Crippen LogP contribution in [-0.4, -0.2) is 22.3 Å². The number of aliphatic hydroxyl groups excluding tert-OH is 1. The van der Waals surface area contributed by atoms with Crippen molar-refractivity contribution < 1.29 is 15.0 Å². The van der Waals surface area contributed by atoms with Gasteiger partial charge < -0.3 is 10.2 Å². The van der Waals surface area contributed by atoms with Crippen molar-refractivity contribution in [2.45, 2.75) is 83.7 Å². The first-order valence-corrected chi connectivity index (χ1v) is 9.71. The number of rotatable bonds is 16. The van der Waals surface area contributed by atoms with Crippen LogP contribution >= 0.6 is 0 Å². The van der Waals surface area contributed by atoms with Crippen LogP contribution in [0.4, 0.5) is 0 Å². The van der Waals surface area contributed by atoms with E-state index in [2.05, 4.69) is 25.2 Å². The molecule has 0 radical (unpaired) electrons. The second kappa shape index (κ2) is 18.7. The molecule has 0 aromatic heterocycles. The normalized spacial score (nSPS) is 13.7. The van der Waals surface area contributed by atoms with Gasteiger partial charge in [0.15, 0.2) is 0 Å². The third-order valence-corrected chi connectivity index (χ3v) is 3.83. The Morgan fingerprint density at radius 2 is 1.56 bits per heavy atom. The van der Waals surface area contributed by atoms with E-state index in [1.807, 2.05) is 30.4 Å². The van der Waals surface area contributed by atoms with Gasteiger partial charge in [-0.05, 0) is 38.5 Å². The lowest BCUT2D eigenvalue weighted by atomic mass is 10.1. The zero-order valence-electron chi connectivity index (χ0n) is 15.8. The predicted molar refractivity (Wildman–Crippen MR) is 107 cm³/mol. The Labute approximate surface area is 153 Å². The minimum Gasteiger partial charge on any atom is -0.481 e. The van der Waals surface area contributed by atoms with E-state index < -0.39 is 5.97 Å². The molecular formula is C22H36O3. The lowest BCUT2D eigenvalue weighted by molar-refractivity contribution is -0.137. The highest BCUT2D eigenvalue weighted by atomic mass is 16.4. The molecule has 0 rings (SSSR count). The Morgan fingerprint density at radius 3 is 2.32 bits per heavy atom. The summed E-state index contributed by atoms with van der Waals surface area (Å²) in [4.78, 5) is 10.4. The van der Waals surface area contributed by atoms with Crippen molar-refractivity contribution in [2.24, 2.45) is 0 Å². The standard InChI is InChI=1S/C22H36O3/c1-2-3-15-18-21(23)19-16-13-11-9-7-5-4-6-8-10-12-14-17-20-22(24)25/h6-9,11,13,16,19,21,23H,2-5,10,12,14-15,17-18,20H2,1H3,(H,24,25)/b8-6-,9-7-,13-11-,19-16+. The molecule has 0 aromatic rings. The summed E-state index contributed by atoms with van der Waals surface area (Å²) in [5.74, 6) is -0.699. The molecule has 3 nitrogen and oxygen atoms in total. The van der Waals surface area contributed by atoms with Gasteiger partial charge in [-0.1, -0.05) is 81.2 Å². The lowest BCUT2D eigenvalue weighted by Gasteiger charge is -2.02. The number of aliphatic hydroxyl groups is 1. The minimum absolute atomic E-state index is 0.287. The predicted octanol–water partition coefficient (Wildman–Crippen LogP) is 5.97. The van der Waals surface area contributed by atoms with Crippen LogP contribution in [0.3, 0.4) is 0 Å². The molecule has 1 unspecified atom stereocenters. The van der Waals surface area contributed by atoms with Gasteiger partial charge in [-0.3, -0.25) is 4.79 Å². The second-order valence-electron chi connectivity index (χ2n) is 6.30. The van der Waals surface area contributed by atoms with Gasteiger partial charge in [-0.15, -0.1) is 0 Å². The van der Waals surface area contributed by atoms with Crippen LogP contribution in [0.25, 0.3) is 0 Å². The fourth-order valence-corrected chi connectivity index (χ4v) is 2.34. The maximum Gasteiger partial charge on any atom is 0.303 e. The van der Waals surface area contributed by atoms with E-state index in [4.69, 9.17) is 5.11 Å². The Balaban J connectivity index is 3.52. The van der Waals surface area contributed by atoms with Crippen molar-refractivity contribution in [3.8, 4) is 0 Å². The van der Waals surface area contributed by atoms with Gasteiger partial charge in [-0.2, -0.15) is 0 Å². The molecule has 0 saturated heterocycles. The van der Waals surface area contributed by atoms with Gasteiger partial charge in [0.2, 0.25) is 0 Å². The highest BCUT2D eigenvalue weighted by molar-refractivity contribution is 5.66. The van der Waals surface area contributed by atoms with Gasteiger partial charge in [0.25, 0.3) is 0 Å². The molecule has 0 fully saturated rings. The largest absolute Gasteiger partial charge is 0.481 e. The summed E-state index contributed by atoms with van der Waals surface area (Å²) >= 11 is 0. The van der Waals surface area contributed by atoms with Crippen LogP contribution < -0.4 is 0 Å². The van der Waals surface area contributed by atoms with Crippen LogP contribution in [-0.2, 0) is 4.79 Å². The molecule has 0 aliphatic carbocycles. The maximum absolute atomic E-state index is 10.4. The number of carboxylic acid groups (broad SMARTS) is 1. The van der Waals surface area contributed by atoms with Crippen molar-refractivity contribution in [3.63, 3.8) is 0 Å². The fraction of sp³-hybridized carbons (Fsp3) is 0.591. The first-order chi connectivity index (χ1) is 12.2. The van der Waals surface area contributed by atoms with Crippen molar-refractivity contribution in [1.82, 2.24) is 0 Å². The molecule has 0 aliphatic rings. The molecule has 1 atom stereocenters. The average Bonchev–Trinajstić information content (AvgIpc) is 2.58. The first-order valence-electron chi connectivity index (χ1n) is 9.71. The lowest BCUT2D eigenvalue weighted by Crippen LogP contribution is -2.00. The molecular weight excluding hydrogens is 312 g/mol. The molecule has 0 heterocycles. The number of carboxylic acids is 1. The van der Waals surface area contributed by atoms with Gasteiger partial charge in [-0.25, -0.2) is 0 Å². The molecule has 0 spiro atoms. The van der Waals surface area contributed by atoms with Crippen molar-refractivity contribution in [3.05, 3.63) is 48.6 Å². The molecule has 0 aliphatic heterocycles. The number of hydrogen-bond donors (Lipinski definition) is 2. The summed E-state index contributed by atoms with van der Waals surface area (Å²) in [5, 5.41) is 18.2. The van der Waals surface area contributed by atoms with Gasteiger partial charge in [0.1, 0.15) is 0 Å². The van der Waals surface area contributed by atoms with E-state index in [1.54, 1.807) is 0 Å². The fourth-order valence-electron chi connectivity index (χ4n) is 2.34. The van der Waals surface area contributed by atoms with Crippen molar-refractivity contribution in [2.75, 3.05) is 0 Å². The van der Waals surface area contributed by atoms with Crippen LogP contribution in [0.2, 0.25) is 0 Å². The zero-order valence-corrected chi connectivity index (χ0v) is 15.8. The van der Waals surface area contributed by atoms with E-state index >= 15 is 0 Å². The van der Waals surface area contributed by atoms with Crippen LogP contribution in [0, 0.1) is 0 Å². The van der Waals surface area contributed by atoms with Crippen LogP contribution in [0.15, 0.2) is 48.6 Å². The number of hydrogen-bond acceptors (Lipinski definition) is 2. The summed E-state index contributed by atoms with van der Waals surface area (Å²) in [7, 11) is 0. The molecule has 3 heteroatoms. The molecule has 2 N–H and O–H groups in total. The minimum atomic E-state index is -0.699. The Bertz CT molecular complexity index is 419. The van der Waals surface area contributed by atoms with E-state index in [9.17, 15) is 9.90 Å². The molecule has 142 valence electrons. The third kappa shape index (κ3) is 20.3. The quantitative estimate of drug-likeness (QED) is 0.205. The van der Waals surface area contributed by atoms with E-state index in [1.165, 1.54) is 12.8 Å². The Hall–Kier alpha value is -1.61. The van der Waals surface area contributed by atoms with Crippen molar-refractivity contribution >= 4 is 5.97 Å². The summed E-state index contributed by atoms with van der Waals surface area (Å²) in [6, 6.07) is 0. The summed E-state index contributed by atoms with van der Waals surface area (Å²) in [6.07, 6.45) is 26.4. The van der Waals surface area contributed by atoms with Crippen LogP contribution in [0.5, 0.6) is 0 Å². The third-order valence-electron chi connectivity index (χ3n) is 3.83. The molecule has 0 amide bonds. The van der Waals surface area contributed by atoms with Gasteiger partial charge >= 0.3 is 5.97 Å². The van der Waals surface area contributed by atoms with Gasteiger partial charge in [0.05, 0.1) is 6.10 Å². The SMILES string of the molecule is CCCCCC(O)/C=C/C=C\C=C/CC/C=C\CCCCCC(=O)O. The van der Waals surface area contributed by atoms with Crippen molar-refractivity contribution in [1.29, 1.82) is 0 Å². The zero-order chi connectivity index (χ0) is 18.6. The summed E-state index contributed by atoms with van der Waals surface area (Å²) in [6.45, 7) is 2.16. The molecule has 25 heavy (non-hydrogen) atoms. The molecule has 0 saturated carbocycles. The highest BCUT2D eigenvalue weighted by Gasteiger charge is 1.96. The number of carbonyl (C=O) groups is 1. The van der Waals surface area contributed by atoms with E-state index in [0.29, 0.717) is 0 Å². The highest BCUT2D eigenvalue weighted by Crippen LogP contribution is 2.05. The van der Waals surface area contributed by atoms with Gasteiger partial charge in [0, 0.05) is 6.42 Å². The Morgan fingerprint density at radius 1 is 0.840 bits per heavy atom. The molecule has 0 bridgehead atoms. The number of aliphatic carboxylic acids is 1. The summed E-state index contributed by atoms with van der Waals surface area (Å²) < 4.78 is 0.